The molecule has 1 aromatic rings. The lowest BCUT2D eigenvalue weighted by atomic mass is 9.92. The SMILES string of the molecule is O=C[C@H](C[C@@H]1CCNC1=O)NC(=O)C1[C@@H]2CCC[C@H]2CN1C(=O)CCc1cccc(F)c1. The third kappa shape index (κ3) is 4.84. The van der Waals surface area contributed by atoms with Crippen molar-refractivity contribution in [2.24, 2.45) is 17.8 Å². The van der Waals surface area contributed by atoms with Crippen molar-refractivity contribution in [3.05, 3.63) is 35.6 Å². The second kappa shape index (κ2) is 9.79. The van der Waals surface area contributed by atoms with Gasteiger partial charge in [-0.05, 0) is 61.6 Å². The van der Waals surface area contributed by atoms with E-state index in [2.05, 4.69) is 10.6 Å². The number of hydrogen-bond donors (Lipinski definition) is 2. The summed E-state index contributed by atoms with van der Waals surface area (Å²) in [5.41, 5.74) is 0.745. The average Bonchev–Trinajstić information content (AvgIpc) is 3.47. The highest BCUT2D eigenvalue weighted by Gasteiger charge is 2.49. The van der Waals surface area contributed by atoms with Crippen LogP contribution in [0, 0.1) is 23.6 Å². The van der Waals surface area contributed by atoms with Gasteiger partial charge in [0.05, 0.1) is 6.04 Å². The number of halogens is 1. The van der Waals surface area contributed by atoms with Crippen molar-refractivity contribution >= 4 is 24.0 Å². The Labute approximate surface area is 187 Å². The van der Waals surface area contributed by atoms with Gasteiger partial charge in [0.2, 0.25) is 17.7 Å². The molecule has 4 rings (SSSR count). The largest absolute Gasteiger partial charge is 0.356 e. The summed E-state index contributed by atoms with van der Waals surface area (Å²) in [7, 11) is 0. The number of nitrogens with zero attached hydrogens (tertiary/aromatic N) is 1. The predicted octanol–water partition coefficient (Wildman–Crippen LogP) is 1.60. The number of hydrogen-bond acceptors (Lipinski definition) is 4. The van der Waals surface area contributed by atoms with Crippen LogP contribution in [0.5, 0.6) is 0 Å². The number of benzene rings is 1. The lowest BCUT2D eigenvalue weighted by molar-refractivity contribution is -0.140. The number of aryl methyl sites for hydroxylation is 1. The molecule has 7 nitrogen and oxygen atoms in total. The van der Waals surface area contributed by atoms with Gasteiger partial charge in [0.1, 0.15) is 18.1 Å². The molecule has 0 aromatic heterocycles. The summed E-state index contributed by atoms with van der Waals surface area (Å²) in [6.45, 7) is 1.13. The van der Waals surface area contributed by atoms with Gasteiger partial charge in [0.25, 0.3) is 0 Å². The Bertz CT molecular complexity index is 892. The van der Waals surface area contributed by atoms with E-state index in [1.165, 1.54) is 12.1 Å². The quantitative estimate of drug-likeness (QED) is 0.597. The van der Waals surface area contributed by atoms with Crippen LogP contribution in [0.25, 0.3) is 0 Å². The molecule has 8 heteroatoms. The van der Waals surface area contributed by atoms with E-state index in [1.807, 2.05) is 0 Å². The summed E-state index contributed by atoms with van der Waals surface area (Å²) in [6, 6.07) is 4.85. The van der Waals surface area contributed by atoms with Gasteiger partial charge in [-0.3, -0.25) is 14.4 Å². The maximum atomic E-state index is 13.4. The maximum Gasteiger partial charge on any atom is 0.243 e. The van der Waals surface area contributed by atoms with E-state index in [-0.39, 0.29) is 48.2 Å². The zero-order chi connectivity index (χ0) is 22.7. The fourth-order valence-electron chi connectivity index (χ4n) is 5.58. The van der Waals surface area contributed by atoms with E-state index in [0.29, 0.717) is 38.1 Å². The zero-order valence-corrected chi connectivity index (χ0v) is 18.1. The van der Waals surface area contributed by atoms with Crippen LogP contribution in [0.15, 0.2) is 24.3 Å². The number of rotatable bonds is 8. The van der Waals surface area contributed by atoms with Crippen molar-refractivity contribution in [1.29, 1.82) is 0 Å². The van der Waals surface area contributed by atoms with Crippen molar-refractivity contribution in [3.63, 3.8) is 0 Å². The smallest absolute Gasteiger partial charge is 0.243 e. The normalized spacial score (nSPS) is 27.7. The van der Waals surface area contributed by atoms with Crippen LogP contribution in [0.4, 0.5) is 4.39 Å². The molecular weight excluding hydrogens is 413 g/mol. The minimum absolute atomic E-state index is 0.0861. The second-order valence-corrected chi connectivity index (χ2v) is 9.24. The molecule has 1 aromatic carbocycles. The number of amides is 3. The molecule has 172 valence electrons. The van der Waals surface area contributed by atoms with Gasteiger partial charge in [-0.25, -0.2) is 4.39 Å². The predicted molar refractivity (Wildman–Crippen MR) is 115 cm³/mol. The lowest BCUT2D eigenvalue weighted by Gasteiger charge is -2.28. The lowest BCUT2D eigenvalue weighted by Crippen LogP contribution is -2.52. The molecule has 2 saturated heterocycles. The molecule has 3 amide bonds. The van der Waals surface area contributed by atoms with Crippen LogP contribution in [-0.2, 0) is 25.6 Å². The van der Waals surface area contributed by atoms with Gasteiger partial charge >= 0.3 is 0 Å². The highest BCUT2D eigenvalue weighted by Crippen LogP contribution is 2.42. The van der Waals surface area contributed by atoms with Crippen molar-refractivity contribution < 1.29 is 23.6 Å². The van der Waals surface area contributed by atoms with Crippen LogP contribution >= 0.6 is 0 Å². The molecule has 3 fully saturated rings. The molecule has 0 bridgehead atoms. The molecule has 0 spiro atoms. The Kier molecular flexibility index (Phi) is 6.86. The van der Waals surface area contributed by atoms with Gasteiger partial charge < -0.3 is 20.3 Å². The summed E-state index contributed by atoms with van der Waals surface area (Å²) in [4.78, 5) is 51.4. The first-order valence-electron chi connectivity index (χ1n) is 11.5. The molecular formula is C24H30FN3O4. The van der Waals surface area contributed by atoms with Crippen molar-refractivity contribution in [1.82, 2.24) is 15.5 Å². The van der Waals surface area contributed by atoms with E-state index in [4.69, 9.17) is 0 Å². The number of fused-ring (bicyclic) bond motifs is 1. The van der Waals surface area contributed by atoms with E-state index in [1.54, 1.807) is 17.0 Å². The summed E-state index contributed by atoms with van der Waals surface area (Å²) >= 11 is 0. The van der Waals surface area contributed by atoms with Gasteiger partial charge in [0, 0.05) is 25.4 Å². The Balaban J connectivity index is 1.41. The first-order chi connectivity index (χ1) is 15.5. The maximum absolute atomic E-state index is 13.4. The number of aldehydes is 1. The highest BCUT2D eigenvalue weighted by atomic mass is 19.1. The fourth-order valence-corrected chi connectivity index (χ4v) is 5.58. The van der Waals surface area contributed by atoms with Crippen molar-refractivity contribution in [2.75, 3.05) is 13.1 Å². The van der Waals surface area contributed by atoms with E-state index < -0.39 is 12.1 Å². The summed E-state index contributed by atoms with van der Waals surface area (Å²) in [5, 5.41) is 5.55. The Morgan fingerprint density at radius 1 is 1.28 bits per heavy atom. The Hall–Kier alpha value is -2.77. The molecule has 1 unspecified atom stereocenters. The van der Waals surface area contributed by atoms with Gasteiger partial charge in [0.15, 0.2) is 0 Å². The third-order valence-corrected chi connectivity index (χ3v) is 7.19. The van der Waals surface area contributed by atoms with Crippen LogP contribution in [0.2, 0.25) is 0 Å². The molecule has 1 saturated carbocycles. The molecule has 1 aliphatic carbocycles. The van der Waals surface area contributed by atoms with E-state index in [0.717, 1.165) is 24.8 Å². The zero-order valence-electron chi connectivity index (χ0n) is 18.1. The topological polar surface area (TPSA) is 95.6 Å². The number of likely N-dealkylation sites (tertiary alicyclic amines) is 1. The van der Waals surface area contributed by atoms with Gasteiger partial charge in [-0.2, -0.15) is 0 Å². The summed E-state index contributed by atoms with van der Waals surface area (Å²) in [6.07, 6.45) is 5.11. The van der Waals surface area contributed by atoms with Crippen LogP contribution in [0.1, 0.15) is 44.1 Å². The van der Waals surface area contributed by atoms with Crippen LogP contribution < -0.4 is 10.6 Å². The number of nitrogens with one attached hydrogen (secondary N) is 2. The minimum atomic E-state index is -0.749. The van der Waals surface area contributed by atoms with Gasteiger partial charge in [-0.1, -0.05) is 18.6 Å². The first kappa shape index (κ1) is 22.4. The molecule has 0 radical (unpaired) electrons. The third-order valence-electron chi connectivity index (χ3n) is 7.19. The monoisotopic (exact) mass is 443 g/mol. The summed E-state index contributed by atoms with van der Waals surface area (Å²) in [5.74, 6) is -0.752. The standard InChI is InChI=1S/C24H30FN3O4/c25-18-5-1-3-15(11-18)7-8-21(30)28-13-17-4-2-6-20(17)22(28)24(32)27-19(14-29)12-16-9-10-26-23(16)31/h1,3,5,11,14,16-17,19-20,22H,2,4,6-10,12-13H2,(H,26,31)(H,27,32)/t16-,17-,19-,20+,22?/m0/s1. The molecule has 2 aliphatic heterocycles. The molecule has 32 heavy (non-hydrogen) atoms. The minimum Gasteiger partial charge on any atom is -0.356 e. The van der Waals surface area contributed by atoms with Crippen molar-refractivity contribution in [2.45, 2.75) is 57.0 Å². The van der Waals surface area contributed by atoms with E-state index >= 15 is 0 Å². The Morgan fingerprint density at radius 3 is 2.84 bits per heavy atom. The fraction of sp³-hybridized carbons (Fsp3) is 0.583. The average molecular weight is 444 g/mol. The molecule has 3 aliphatic rings. The Morgan fingerprint density at radius 2 is 2.12 bits per heavy atom. The molecule has 2 heterocycles. The van der Waals surface area contributed by atoms with Crippen LogP contribution in [0.3, 0.4) is 0 Å². The number of carbonyl (C=O) groups excluding carboxylic acids is 4. The van der Waals surface area contributed by atoms with Crippen molar-refractivity contribution in [3.8, 4) is 0 Å². The molecule has 2 N–H and O–H groups in total. The van der Waals surface area contributed by atoms with Gasteiger partial charge in [-0.15, -0.1) is 0 Å². The van der Waals surface area contributed by atoms with E-state index in [9.17, 15) is 23.6 Å². The highest BCUT2D eigenvalue weighted by molar-refractivity contribution is 5.90. The second-order valence-electron chi connectivity index (χ2n) is 9.24. The number of carbonyl (C=O) groups is 4. The molecule has 5 atom stereocenters. The summed E-state index contributed by atoms with van der Waals surface area (Å²) < 4.78 is 13.4. The van der Waals surface area contributed by atoms with Crippen LogP contribution in [-0.4, -0.2) is 54.1 Å². The first-order valence-corrected chi connectivity index (χ1v) is 11.5.